The molecule has 0 aliphatic rings. The minimum Gasteiger partial charge on any atom is -0.330 e. The molecular formula is C12H20N2O2S2. The molecule has 6 heteroatoms. The fraction of sp³-hybridized carbons (Fsp3) is 0.500. The third-order valence-electron chi connectivity index (χ3n) is 2.50. The Hall–Kier alpha value is -0.560. The Balaban J connectivity index is 2.65. The highest BCUT2D eigenvalue weighted by Gasteiger charge is 2.12. The zero-order valence-electron chi connectivity index (χ0n) is 10.6. The lowest BCUT2D eigenvalue weighted by atomic mass is 10.1. The van der Waals surface area contributed by atoms with Crippen LogP contribution < -0.4 is 10.5 Å². The maximum Gasteiger partial charge on any atom is 0.240 e. The van der Waals surface area contributed by atoms with Crippen LogP contribution in [0, 0.1) is 0 Å². The highest BCUT2D eigenvalue weighted by Crippen LogP contribution is 2.11. The Morgan fingerprint density at radius 3 is 2.50 bits per heavy atom. The van der Waals surface area contributed by atoms with Gasteiger partial charge in [0.1, 0.15) is 0 Å². The van der Waals surface area contributed by atoms with Crippen molar-refractivity contribution in [3.8, 4) is 0 Å². The molecule has 18 heavy (non-hydrogen) atoms. The molecule has 1 aromatic carbocycles. The van der Waals surface area contributed by atoms with Gasteiger partial charge in [-0.1, -0.05) is 12.1 Å². The Morgan fingerprint density at radius 1 is 1.28 bits per heavy atom. The molecule has 0 aromatic heterocycles. The molecule has 0 aliphatic carbocycles. The smallest absolute Gasteiger partial charge is 0.240 e. The summed E-state index contributed by atoms with van der Waals surface area (Å²) in [6.07, 6.45) is 3.75. The molecule has 0 spiro atoms. The van der Waals surface area contributed by atoms with Crippen molar-refractivity contribution in [3.63, 3.8) is 0 Å². The number of rotatable bonds is 8. The van der Waals surface area contributed by atoms with E-state index in [1.165, 1.54) is 0 Å². The van der Waals surface area contributed by atoms with Crippen LogP contribution >= 0.6 is 11.8 Å². The fourth-order valence-corrected chi connectivity index (χ4v) is 2.97. The molecule has 0 unspecified atom stereocenters. The van der Waals surface area contributed by atoms with Crippen molar-refractivity contribution in [3.05, 3.63) is 29.8 Å². The molecule has 0 saturated heterocycles. The number of thioether (sulfide) groups is 1. The van der Waals surface area contributed by atoms with Crippen LogP contribution in [0.4, 0.5) is 0 Å². The molecule has 4 nitrogen and oxygen atoms in total. The molecule has 0 saturated carbocycles. The van der Waals surface area contributed by atoms with Crippen LogP contribution in [0.25, 0.3) is 0 Å². The predicted molar refractivity (Wildman–Crippen MR) is 77.4 cm³/mol. The van der Waals surface area contributed by atoms with Crippen LogP contribution in [0.5, 0.6) is 0 Å². The molecule has 1 rings (SSSR count). The summed E-state index contributed by atoms with van der Waals surface area (Å²) in [5.41, 5.74) is 6.55. The number of nitrogens with two attached hydrogens (primary N) is 1. The number of hydrogen-bond donors (Lipinski definition) is 2. The van der Waals surface area contributed by atoms with E-state index in [0.717, 1.165) is 24.2 Å². The standard InChI is InChI=1S/C12H20N2O2S2/c1-17-10-9-14-18(15,16)12-6-4-11(5-7-12)3-2-8-13/h4-7,14H,2-3,8-10,13H2,1H3. The van der Waals surface area contributed by atoms with Gasteiger partial charge in [0.05, 0.1) is 4.90 Å². The van der Waals surface area contributed by atoms with E-state index in [0.29, 0.717) is 18.0 Å². The van der Waals surface area contributed by atoms with Gasteiger partial charge < -0.3 is 5.73 Å². The minimum absolute atomic E-state index is 0.320. The quantitative estimate of drug-likeness (QED) is 0.706. The van der Waals surface area contributed by atoms with Gasteiger partial charge in [-0.2, -0.15) is 11.8 Å². The van der Waals surface area contributed by atoms with Gasteiger partial charge in [0, 0.05) is 12.3 Å². The summed E-state index contributed by atoms with van der Waals surface area (Å²) in [5, 5.41) is 0. The van der Waals surface area contributed by atoms with E-state index >= 15 is 0 Å². The zero-order chi connectivity index (χ0) is 13.4. The van der Waals surface area contributed by atoms with Gasteiger partial charge in [0.15, 0.2) is 0 Å². The van der Waals surface area contributed by atoms with Crippen molar-refractivity contribution in [2.24, 2.45) is 5.73 Å². The first-order valence-corrected chi connectivity index (χ1v) is 8.75. The summed E-state index contributed by atoms with van der Waals surface area (Å²) < 4.78 is 26.4. The second-order valence-corrected chi connectivity index (χ2v) is 6.68. The largest absolute Gasteiger partial charge is 0.330 e. The van der Waals surface area contributed by atoms with Crippen molar-refractivity contribution in [2.45, 2.75) is 17.7 Å². The van der Waals surface area contributed by atoms with Crippen molar-refractivity contribution < 1.29 is 8.42 Å². The Labute approximate surface area is 113 Å². The van der Waals surface area contributed by atoms with Crippen LogP contribution in [0.1, 0.15) is 12.0 Å². The van der Waals surface area contributed by atoms with Crippen LogP contribution in [-0.4, -0.2) is 33.5 Å². The topological polar surface area (TPSA) is 72.2 Å². The Morgan fingerprint density at radius 2 is 1.94 bits per heavy atom. The van der Waals surface area contributed by atoms with E-state index in [-0.39, 0.29) is 0 Å². The summed E-state index contributed by atoms with van der Waals surface area (Å²) >= 11 is 1.61. The molecule has 1 aromatic rings. The summed E-state index contributed by atoms with van der Waals surface area (Å²) in [4.78, 5) is 0.320. The number of hydrogen-bond acceptors (Lipinski definition) is 4. The molecule has 0 amide bonds. The van der Waals surface area contributed by atoms with Gasteiger partial charge in [-0.3, -0.25) is 0 Å². The van der Waals surface area contributed by atoms with Crippen LogP contribution in [0.2, 0.25) is 0 Å². The van der Waals surface area contributed by atoms with E-state index in [1.807, 2.05) is 18.4 Å². The summed E-state index contributed by atoms with van der Waals surface area (Å²) in [7, 11) is -3.36. The van der Waals surface area contributed by atoms with E-state index < -0.39 is 10.0 Å². The Bertz CT molecular complexity index is 444. The summed E-state index contributed by atoms with van der Waals surface area (Å²) in [6.45, 7) is 1.11. The van der Waals surface area contributed by atoms with Crippen molar-refractivity contribution in [2.75, 3.05) is 25.1 Å². The molecule has 102 valence electrons. The second kappa shape index (κ2) is 7.78. The molecule has 0 aliphatic heterocycles. The molecule has 0 bridgehead atoms. The average molecular weight is 288 g/mol. The van der Waals surface area contributed by atoms with E-state index in [4.69, 9.17) is 5.73 Å². The molecule has 0 atom stereocenters. The maximum atomic E-state index is 11.9. The molecule has 0 fully saturated rings. The minimum atomic E-state index is -3.36. The highest BCUT2D eigenvalue weighted by molar-refractivity contribution is 7.98. The van der Waals surface area contributed by atoms with E-state index in [1.54, 1.807) is 23.9 Å². The average Bonchev–Trinajstić information content (AvgIpc) is 2.37. The van der Waals surface area contributed by atoms with E-state index in [9.17, 15) is 8.42 Å². The first-order valence-electron chi connectivity index (χ1n) is 5.88. The van der Waals surface area contributed by atoms with Gasteiger partial charge in [0.25, 0.3) is 0 Å². The van der Waals surface area contributed by atoms with Gasteiger partial charge in [-0.05, 0) is 43.3 Å². The lowest BCUT2D eigenvalue weighted by Gasteiger charge is -2.07. The van der Waals surface area contributed by atoms with Crippen LogP contribution in [0.3, 0.4) is 0 Å². The van der Waals surface area contributed by atoms with Gasteiger partial charge in [-0.15, -0.1) is 0 Å². The van der Waals surface area contributed by atoms with Gasteiger partial charge in [-0.25, -0.2) is 13.1 Å². The monoisotopic (exact) mass is 288 g/mol. The summed E-state index contributed by atoms with van der Waals surface area (Å²) in [5.74, 6) is 0.772. The fourth-order valence-electron chi connectivity index (χ4n) is 1.50. The molecule has 0 heterocycles. The summed E-state index contributed by atoms with van der Waals surface area (Å²) in [6, 6.07) is 6.98. The van der Waals surface area contributed by atoms with Gasteiger partial charge >= 0.3 is 0 Å². The number of benzene rings is 1. The number of sulfonamides is 1. The zero-order valence-corrected chi connectivity index (χ0v) is 12.2. The normalized spacial score (nSPS) is 11.7. The molecular weight excluding hydrogens is 268 g/mol. The molecule has 0 radical (unpaired) electrons. The third kappa shape index (κ3) is 4.97. The molecule has 3 N–H and O–H groups in total. The lowest BCUT2D eigenvalue weighted by Crippen LogP contribution is -2.25. The first kappa shape index (κ1) is 15.5. The van der Waals surface area contributed by atoms with Crippen LogP contribution in [0.15, 0.2) is 29.2 Å². The Kier molecular flexibility index (Phi) is 6.70. The lowest BCUT2D eigenvalue weighted by molar-refractivity contribution is 0.584. The number of aryl methyl sites for hydroxylation is 1. The van der Waals surface area contributed by atoms with Crippen LogP contribution in [-0.2, 0) is 16.4 Å². The van der Waals surface area contributed by atoms with E-state index in [2.05, 4.69) is 4.72 Å². The SMILES string of the molecule is CSCCNS(=O)(=O)c1ccc(CCCN)cc1. The van der Waals surface area contributed by atoms with Crippen molar-refractivity contribution >= 4 is 21.8 Å². The number of nitrogens with one attached hydrogen (secondary N) is 1. The van der Waals surface area contributed by atoms with Crippen molar-refractivity contribution in [1.29, 1.82) is 0 Å². The predicted octanol–water partition coefficient (Wildman–Crippen LogP) is 1.22. The third-order valence-corrected chi connectivity index (χ3v) is 4.59. The first-order chi connectivity index (χ1) is 8.60. The van der Waals surface area contributed by atoms with Crippen molar-refractivity contribution in [1.82, 2.24) is 4.72 Å². The highest BCUT2D eigenvalue weighted by atomic mass is 32.2. The maximum absolute atomic E-state index is 11.9. The second-order valence-electron chi connectivity index (χ2n) is 3.93. The van der Waals surface area contributed by atoms with Gasteiger partial charge in [0.2, 0.25) is 10.0 Å².